The van der Waals surface area contributed by atoms with Gasteiger partial charge in [-0.15, -0.1) is 0 Å². The molecule has 0 aliphatic carbocycles. The summed E-state index contributed by atoms with van der Waals surface area (Å²) >= 11 is 0. The van der Waals surface area contributed by atoms with Crippen molar-refractivity contribution < 1.29 is 28.9 Å². The van der Waals surface area contributed by atoms with Gasteiger partial charge in [0, 0.05) is 7.11 Å². The smallest absolute Gasteiger partial charge is 0.407 e. The molecule has 2 atom stereocenters. The lowest BCUT2D eigenvalue weighted by Crippen LogP contribution is -2.51. The zero-order valence-corrected chi connectivity index (χ0v) is 14.4. The lowest BCUT2D eigenvalue weighted by atomic mass is 10.0. The number of hydrogen-bond donors (Lipinski definition) is 2. The Morgan fingerprint density at radius 2 is 1.83 bits per heavy atom. The van der Waals surface area contributed by atoms with Crippen LogP contribution in [0.25, 0.3) is 0 Å². The Hall–Kier alpha value is -2.12. The van der Waals surface area contributed by atoms with E-state index < -0.39 is 29.8 Å². The van der Waals surface area contributed by atoms with Crippen LogP contribution in [0.15, 0.2) is 30.3 Å². The Balaban J connectivity index is 2.92. The second kappa shape index (κ2) is 9.24. The molecule has 0 spiro atoms. The number of benzene rings is 1. The third-order valence-electron chi connectivity index (χ3n) is 2.97. The molecule has 0 bridgehead atoms. The van der Waals surface area contributed by atoms with E-state index in [0.29, 0.717) is 0 Å². The molecule has 0 saturated carbocycles. The van der Waals surface area contributed by atoms with Gasteiger partial charge < -0.3 is 24.6 Å². The summed E-state index contributed by atoms with van der Waals surface area (Å²) in [6.07, 6.45) is -1.69. The average Bonchev–Trinajstić information content (AvgIpc) is 2.46. The highest BCUT2D eigenvalue weighted by atomic mass is 16.7. The minimum atomic E-state index is -1.27. The SMILES string of the molecule is COCOC(C(=O)O)[C@@H](Cc1ccccc1)NC(=O)OC(C)(C)C. The third kappa shape index (κ3) is 7.43. The van der Waals surface area contributed by atoms with Crippen LogP contribution in [-0.2, 0) is 25.4 Å². The Morgan fingerprint density at radius 1 is 1.21 bits per heavy atom. The van der Waals surface area contributed by atoms with E-state index in [4.69, 9.17) is 14.2 Å². The number of carboxylic acids is 1. The Kier molecular flexibility index (Phi) is 7.67. The molecule has 0 aliphatic heterocycles. The largest absolute Gasteiger partial charge is 0.479 e. The minimum absolute atomic E-state index is 0.196. The zero-order chi connectivity index (χ0) is 18.2. The summed E-state index contributed by atoms with van der Waals surface area (Å²) in [5.41, 5.74) is 0.179. The van der Waals surface area contributed by atoms with Crippen molar-refractivity contribution in [2.75, 3.05) is 13.9 Å². The molecule has 0 fully saturated rings. The maximum atomic E-state index is 12.0. The van der Waals surface area contributed by atoms with E-state index in [1.807, 2.05) is 30.3 Å². The van der Waals surface area contributed by atoms with Crippen molar-refractivity contribution in [3.63, 3.8) is 0 Å². The van der Waals surface area contributed by atoms with Crippen LogP contribution < -0.4 is 5.32 Å². The molecule has 1 aromatic rings. The van der Waals surface area contributed by atoms with Gasteiger partial charge in [0.25, 0.3) is 0 Å². The molecule has 0 radical (unpaired) electrons. The molecule has 1 rings (SSSR count). The number of alkyl carbamates (subject to hydrolysis) is 1. The van der Waals surface area contributed by atoms with E-state index in [-0.39, 0.29) is 13.2 Å². The number of aliphatic carboxylic acids is 1. The molecule has 1 unspecified atom stereocenters. The lowest BCUT2D eigenvalue weighted by Gasteiger charge is -2.27. The number of carbonyl (C=O) groups is 2. The number of methoxy groups -OCH3 is 1. The molecule has 134 valence electrons. The summed E-state index contributed by atoms with van der Waals surface area (Å²) in [6.45, 7) is 5.00. The van der Waals surface area contributed by atoms with Crippen LogP contribution in [0.5, 0.6) is 0 Å². The first-order valence-electron chi connectivity index (χ1n) is 7.59. The quantitative estimate of drug-likeness (QED) is 0.705. The van der Waals surface area contributed by atoms with E-state index in [0.717, 1.165) is 5.56 Å². The van der Waals surface area contributed by atoms with Gasteiger partial charge in [-0.1, -0.05) is 30.3 Å². The minimum Gasteiger partial charge on any atom is -0.479 e. The van der Waals surface area contributed by atoms with Crippen molar-refractivity contribution >= 4 is 12.1 Å². The number of nitrogens with one attached hydrogen (secondary N) is 1. The highest BCUT2D eigenvalue weighted by Crippen LogP contribution is 2.12. The molecule has 0 saturated heterocycles. The fourth-order valence-electron chi connectivity index (χ4n) is 2.06. The van der Waals surface area contributed by atoms with Crippen molar-refractivity contribution in [1.82, 2.24) is 5.32 Å². The summed E-state index contributed by atoms with van der Waals surface area (Å²) in [7, 11) is 1.40. The predicted molar refractivity (Wildman–Crippen MR) is 87.7 cm³/mol. The summed E-state index contributed by atoms with van der Waals surface area (Å²) < 4.78 is 15.2. The van der Waals surface area contributed by atoms with E-state index in [1.165, 1.54) is 7.11 Å². The number of ether oxygens (including phenoxy) is 3. The molecule has 2 N–H and O–H groups in total. The van der Waals surface area contributed by atoms with Gasteiger partial charge in [0.15, 0.2) is 6.10 Å². The van der Waals surface area contributed by atoms with Crippen molar-refractivity contribution in [3.8, 4) is 0 Å². The highest BCUT2D eigenvalue weighted by Gasteiger charge is 2.32. The molecule has 24 heavy (non-hydrogen) atoms. The summed E-state index contributed by atoms with van der Waals surface area (Å²) in [5.74, 6) is -1.19. The number of amides is 1. The van der Waals surface area contributed by atoms with Crippen LogP contribution in [0.2, 0.25) is 0 Å². The standard InChI is InChI=1S/C17H25NO6/c1-17(2,3)24-16(21)18-13(10-12-8-6-5-7-9-12)14(15(19)20)23-11-22-4/h5-9,13-14H,10-11H2,1-4H3,(H,18,21)(H,19,20)/t13-,14?/m1/s1. The van der Waals surface area contributed by atoms with Crippen LogP contribution in [0.4, 0.5) is 4.79 Å². The van der Waals surface area contributed by atoms with Crippen molar-refractivity contribution in [3.05, 3.63) is 35.9 Å². The molecule has 0 aromatic heterocycles. The van der Waals surface area contributed by atoms with E-state index in [2.05, 4.69) is 5.32 Å². The Morgan fingerprint density at radius 3 is 2.33 bits per heavy atom. The average molecular weight is 339 g/mol. The van der Waals surface area contributed by atoms with Gasteiger partial charge in [0.2, 0.25) is 0 Å². The fourth-order valence-corrected chi connectivity index (χ4v) is 2.06. The van der Waals surface area contributed by atoms with Gasteiger partial charge in [0.1, 0.15) is 12.4 Å². The normalized spacial score (nSPS) is 13.8. The maximum absolute atomic E-state index is 12.0. The van der Waals surface area contributed by atoms with Gasteiger partial charge in [0.05, 0.1) is 6.04 Å². The van der Waals surface area contributed by atoms with Crippen molar-refractivity contribution in [1.29, 1.82) is 0 Å². The number of carbonyl (C=O) groups excluding carboxylic acids is 1. The monoisotopic (exact) mass is 339 g/mol. The van der Waals surface area contributed by atoms with Crippen LogP contribution in [0.1, 0.15) is 26.3 Å². The summed E-state index contributed by atoms with van der Waals surface area (Å²) in [4.78, 5) is 23.6. The first-order chi connectivity index (χ1) is 11.2. The molecule has 0 heterocycles. The van der Waals surface area contributed by atoms with E-state index >= 15 is 0 Å². The maximum Gasteiger partial charge on any atom is 0.407 e. The molecular formula is C17H25NO6. The molecular weight excluding hydrogens is 314 g/mol. The predicted octanol–water partition coefficient (Wildman–Crippen LogP) is 2.20. The lowest BCUT2D eigenvalue weighted by molar-refractivity contribution is -0.161. The summed E-state index contributed by atoms with van der Waals surface area (Å²) in [5, 5.41) is 12.0. The molecule has 1 amide bonds. The Bertz CT molecular complexity index is 526. The van der Waals surface area contributed by atoms with Gasteiger partial charge in [-0.25, -0.2) is 9.59 Å². The number of hydrogen-bond acceptors (Lipinski definition) is 5. The van der Waals surface area contributed by atoms with Crippen LogP contribution in [0, 0.1) is 0 Å². The number of rotatable bonds is 8. The fraction of sp³-hybridized carbons (Fsp3) is 0.529. The van der Waals surface area contributed by atoms with Crippen LogP contribution in [0.3, 0.4) is 0 Å². The van der Waals surface area contributed by atoms with Gasteiger partial charge >= 0.3 is 12.1 Å². The topological polar surface area (TPSA) is 94.1 Å². The molecule has 7 heteroatoms. The van der Waals surface area contributed by atoms with Gasteiger partial charge in [-0.05, 0) is 32.8 Å². The van der Waals surface area contributed by atoms with Crippen LogP contribution in [-0.4, -0.2) is 48.8 Å². The first-order valence-corrected chi connectivity index (χ1v) is 7.59. The Labute approximate surface area is 141 Å². The number of carboxylic acid groups (broad SMARTS) is 1. The first kappa shape index (κ1) is 19.9. The highest BCUT2D eigenvalue weighted by molar-refractivity contribution is 5.75. The zero-order valence-electron chi connectivity index (χ0n) is 14.4. The third-order valence-corrected chi connectivity index (χ3v) is 2.97. The second-order valence-electron chi connectivity index (χ2n) is 6.27. The van der Waals surface area contributed by atoms with Crippen molar-refractivity contribution in [2.24, 2.45) is 0 Å². The molecule has 1 aromatic carbocycles. The van der Waals surface area contributed by atoms with Crippen LogP contribution >= 0.6 is 0 Å². The van der Waals surface area contributed by atoms with E-state index in [9.17, 15) is 14.7 Å². The molecule has 0 aliphatic rings. The van der Waals surface area contributed by atoms with Crippen molar-refractivity contribution in [2.45, 2.75) is 44.9 Å². The summed E-state index contributed by atoms with van der Waals surface area (Å²) in [6, 6.07) is 8.42. The van der Waals surface area contributed by atoms with Gasteiger partial charge in [-0.2, -0.15) is 0 Å². The van der Waals surface area contributed by atoms with E-state index in [1.54, 1.807) is 20.8 Å². The van der Waals surface area contributed by atoms with Gasteiger partial charge in [-0.3, -0.25) is 0 Å². The molecule has 7 nitrogen and oxygen atoms in total. The second-order valence-corrected chi connectivity index (χ2v) is 6.27.